The van der Waals surface area contributed by atoms with Crippen LogP contribution < -0.4 is 0 Å². The molecule has 1 N–H and O–H groups in total. The van der Waals surface area contributed by atoms with Crippen molar-refractivity contribution in [1.29, 1.82) is 0 Å². The average molecular weight is 266 g/mol. The van der Waals surface area contributed by atoms with Gasteiger partial charge in [-0.2, -0.15) is 0 Å². The third kappa shape index (κ3) is 2.61. The zero-order chi connectivity index (χ0) is 13.2. The Balaban J connectivity index is 2.32. The summed E-state index contributed by atoms with van der Waals surface area (Å²) in [6.07, 6.45) is 1.29. The van der Waals surface area contributed by atoms with E-state index in [1.165, 1.54) is 0 Å². The molecule has 0 amide bonds. The third-order valence-electron chi connectivity index (χ3n) is 3.00. The number of carboxylic acids is 1. The van der Waals surface area contributed by atoms with Crippen LogP contribution in [0.4, 0.5) is 0 Å². The number of hydrogen-bond acceptors (Lipinski definition) is 3. The van der Waals surface area contributed by atoms with E-state index in [1.54, 1.807) is 24.3 Å². The van der Waals surface area contributed by atoms with Gasteiger partial charge < -0.3 is 5.11 Å². The van der Waals surface area contributed by atoms with Gasteiger partial charge in [-0.3, -0.25) is 0 Å². The van der Waals surface area contributed by atoms with E-state index >= 15 is 0 Å². The number of benzene rings is 1. The summed E-state index contributed by atoms with van der Waals surface area (Å²) >= 11 is 0. The first-order chi connectivity index (χ1) is 8.50. The maximum absolute atomic E-state index is 12.2. The molecule has 96 valence electrons. The molecule has 1 aliphatic carbocycles. The maximum Gasteiger partial charge on any atom is 0.332 e. The van der Waals surface area contributed by atoms with Gasteiger partial charge in [-0.05, 0) is 24.8 Å². The number of carboxylic acid groups (broad SMARTS) is 1. The van der Waals surface area contributed by atoms with Crippen molar-refractivity contribution in [3.05, 3.63) is 46.4 Å². The molecule has 0 saturated carbocycles. The Bertz CT molecular complexity index is 585. The molecule has 0 aromatic heterocycles. The van der Waals surface area contributed by atoms with Crippen LogP contribution >= 0.6 is 0 Å². The van der Waals surface area contributed by atoms with E-state index in [0.29, 0.717) is 24.8 Å². The highest BCUT2D eigenvalue weighted by Gasteiger charge is 2.29. The van der Waals surface area contributed by atoms with Gasteiger partial charge in [0, 0.05) is 0 Å². The van der Waals surface area contributed by atoms with Crippen LogP contribution in [0.15, 0.2) is 40.8 Å². The molecular formula is C13H14O4S. The van der Waals surface area contributed by atoms with E-state index in [2.05, 4.69) is 0 Å². The third-order valence-corrected chi connectivity index (χ3v) is 4.92. The van der Waals surface area contributed by atoms with Gasteiger partial charge in [0.25, 0.3) is 0 Å². The number of carbonyl (C=O) groups is 1. The highest BCUT2D eigenvalue weighted by atomic mass is 32.2. The summed E-state index contributed by atoms with van der Waals surface area (Å²) in [5.74, 6) is -1.24. The van der Waals surface area contributed by atoms with Crippen molar-refractivity contribution in [2.45, 2.75) is 25.0 Å². The van der Waals surface area contributed by atoms with Crippen LogP contribution in [-0.4, -0.2) is 19.5 Å². The minimum atomic E-state index is -3.51. The molecule has 18 heavy (non-hydrogen) atoms. The highest BCUT2D eigenvalue weighted by Crippen LogP contribution is 2.32. The van der Waals surface area contributed by atoms with E-state index in [0.717, 1.165) is 0 Å². The smallest absolute Gasteiger partial charge is 0.332 e. The Morgan fingerprint density at radius 1 is 1.17 bits per heavy atom. The molecule has 0 saturated heterocycles. The van der Waals surface area contributed by atoms with Crippen LogP contribution in [0.1, 0.15) is 24.8 Å². The Hall–Kier alpha value is -1.62. The van der Waals surface area contributed by atoms with Crippen LogP contribution in [0.3, 0.4) is 0 Å². The first-order valence-corrected chi connectivity index (χ1v) is 7.38. The molecule has 1 aliphatic rings. The van der Waals surface area contributed by atoms with Gasteiger partial charge in [0.15, 0.2) is 9.84 Å². The van der Waals surface area contributed by atoms with Crippen molar-refractivity contribution in [2.75, 3.05) is 0 Å². The van der Waals surface area contributed by atoms with Crippen LogP contribution in [0, 0.1) is 0 Å². The molecule has 5 heteroatoms. The van der Waals surface area contributed by atoms with Gasteiger partial charge in [0.1, 0.15) is 0 Å². The minimum Gasteiger partial charge on any atom is -0.478 e. The van der Waals surface area contributed by atoms with Crippen LogP contribution in [0.5, 0.6) is 0 Å². The molecule has 2 rings (SSSR count). The lowest BCUT2D eigenvalue weighted by atomic mass is 10.2. The minimum absolute atomic E-state index is 0.0610. The molecule has 1 aromatic rings. The molecule has 0 spiro atoms. The Morgan fingerprint density at radius 3 is 2.44 bits per heavy atom. The number of rotatable bonds is 4. The summed E-state index contributed by atoms with van der Waals surface area (Å²) < 4.78 is 24.4. The second kappa shape index (κ2) is 4.94. The van der Waals surface area contributed by atoms with Crippen molar-refractivity contribution in [3.63, 3.8) is 0 Å². The molecule has 0 aliphatic heterocycles. The van der Waals surface area contributed by atoms with Gasteiger partial charge in [-0.15, -0.1) is 0 Å². The van der Waals surface area contributed by atoms with Crippen LogP contribution in [0.25, 0.3) is 0 Å². The lowest BCUT2D eigenvalue weighted by molar-refractivity contribution is -0.132. The summed E-state index contributed by atoms with van der Waals surface area (Å²) in [6.45, 7) is 0. The van der Waals surface area contributed by atoms with Crippen molar-refractivity contribution < 1.29 is 18.3 Å². The fourth-order valence-corrected chi connectivity index (χ4v) is 3.99. The Labute approximate surface area is 106 Å². The first-order valence-electron chi connectivity index (χ1n) is 5.73. The van der Waals surface area contributed by atoms with Gasteiger partial charge in [-0.25, -0.2) is 13.2 Å². The second-order valence-corrected chi connectivity index (χ2v) is 6.32. The van der Waals surface area contributed by atoms with E-state index in [1.807, 2.05) is 6.07 Å². The number of allylic oxidation sites excluding steroid dienone is 1. The summed E-state index contributed by atoms with van der Waals surface area (Å²) in [5, 5.41) is 8.99. The summed E-state index contributed by atoms with van der Waals surface area (Å²) in [7, 11) is -3.51. The van der Waals surface area contributed by atoms with E-state index in [9.17, 15) is 13.2 Å². The highest BCUT2D eigenvalue weighted by molar-refractivity contribution is 7.94. The predicted molar refractivity (Wildman–Crippen MR) is 67.6 cm³/mol. The summed E-state index contributed by atoms with van der Waals surface area (Å²) in [4.78, 5) is 11.1. The lowest BCUT2D eigenvalue weighted by Crippen LogP contribution is -2.10. The molecule has 0 fully saturated rings. The van der Waals surface area contributed by atoms with Crippen LogP contribution in [0.2, 0.25) is 0 Å². The van der Waals surface area contributed by atoms with Crippen LogP contribution in [-0.2, 0) is 20.4 Å². The molecule has 0 radical (unpaired) electrons. The zero-order valence-corrected chi connectivity index (χ0v) is 10.6. The Kier molecular flexibility index (Phi) is 3.52. The summed E-state index contributed by atoms with van der Waals surface area (Å²) in [5.41, 5.74) is 0.743. The average Bonchev–Trinajstić information content (AvgIpc) is 2.79. The van der Waals surface area contributed by atoms with Crippen molar-refractivity contribution in [3.8, 4) is 0 Å². The summed E-state index contributed by atoms with van der Waals surface area (Å²) in [6, 6.07) is 8.81. The van der Waals surface area contributed by atoms with E-state index in [-0.39, 0.29) is 16.2 Å². The predicted octanol–water partition coefficient (Wildman–Crippen LogP) is 2.12. The number of hydrogen-bond donors (Lipinski definition) is 1. The molecule has 4 nitrogen and oxygen atoms in total. The molecule has 0 unspecified atom stereocenters. The zero-order valence-electron chi connectivity index (χ0n) is 9.80. The second-order valence-electron chi connectivity index (χ2n) is 4.31. The maximum atomic E-state index is 12.2. The van der Waals surface area contributed by atoms with Crippen molar-refractivity contribution in [2.24, 2.45) is 0 Å². The van der Waals surface area contributed by atoms with Gasteiger partial charge in [0.2, 0.25) is 0 Å². The number of sulfone groups is 1. The van der Waals surface area contributed by atoms with Gasteiger partial charge >= 0.3 is 5.97 Å². The van der Waals surface area contributed by atoms with E-state index < -0.39 is 15.8 Å². The lowest BCUT2D eigenvalue weighted by Gasteiger charge is -2.06. The van der Waals surface area contributed by atoms with E-state index in [4.69, 9.17) is 5.11 Å². The first kappa shape index (κ1) is 12.8. The standard InChI is InChI=1S/C13H14O4S/c14-13(15)11-7-4-8-12(11)18(16,17)9-10-5-2-1-3-6-10/h1-3,5-6H,4,7-9H2,(H,14,15). The molecule has 0 atom stereocenters. The SMILES string of the molecule is O=C(O)C1=C(S(=O)(=O)Cc2ccccc2)CCC1. The molecular weight excluding hydrogens is 252 g/mol. The quantitative estimate of drug-likeness (QED) is 0.906. The number of aliphatic carboxylic acids is 1. The Morgan fingerprint density at radius 2 is 1.83 bits per heavy atom. The fraction of sp³-hybridized carbons (Fsp3) is 0.308. The monoisotopic (exact) mass is 266 g/mol. The van der Waals surface area contributed by atoms with Gasteiger partial charge in [0.05, 0.1) is 16.2 Å². The van der Waals surface area contributed by atoms with Gasteiger partial charge in [-0.1, -0.05) is 30.3 Å². The molecule has 1 aromatic carbocycles. The molecule has 0 heterocycles. The van der Waals surface area contributed by atoms with Crippen molar-refractivity contribution in [1.82, 2.24) is 0 Å². The fourth-order valence-electron chi connectivity index (χ4n) is 2.17. The normalized spacial score (nSPS) is 16.0. The topological polar surface area (TPSA) is 71.4 Å². The largest absolute Gasteiger partial charge is 0.478 e. The van der Waals surface area contributed by atoms with Crippen molar-refractivity contribution >= 4 is 15.8 Å². The molecule has 0 bridgehead atoms.